The van der Waals surface area contributed by atoms with Crippen LogP contribution in [0.3, 0.4) is 0 Å². The van der Waals surface area contributed by atoms with Gasteiger partial charge in [-0.25, -0.2) is 13.8 Å². The van der Waals surface area contributed by atoms with Gasteiger partial charge >= 0.3 is 0 Å². The van der Waals surface area contributed by atoms with Crippen LogP contribution in [0.5, 0.6) is 0 Å². The molecule has 3 unspecified atom stereocenters. The molecule has 2 aromatic rings. The van der Waals surface area contributed by atoms with Crippen LogP contribution in [0.1, 0.15) is 98.3 Å². The van der Waals surface area contributed by atoms with Crippen LogP contribution in [-0.4, -0.2) is 100 Å². The molecule has 1 aromatic heterocycles. The fourth-order valence-corrected chi connectivity index (χ4v) is 6.25. The third kappa shape index (κ3) is 13.9. The Kier molecular flexibility index (Phi) is 22.9. The molecule has 4 heterocycles. The highest BCUT2D eigenvalue weighted by Gasteiger charge is 2.37. The predicted octanol–water partition coefficient (Wildman–Crippen LogP) is 9.72. The lowest BCUT2D eigenvalue weighted by Crippen LogP contribution is -2.47. The van der Waals surface area contributed by atoms with Crippen LogP contribution in [0.4, 0.5) is 13.2 Å². The summed E-state index contributed by atoms with van der Waals surface area (Å²) in [6.45, 7) is 21.1. The van der Waals surface area contributed by atoms with Crippen LogP contribution in [-0.2, 0) is 0 Å². The standard InChI is InChI=1S/C23H32F2N4O.C12H15N3.C3H8.C2H6.CH3F/c1-5-28(15(2)10-12-30)21-9-11-29(17(21)4)16(3)20-14-26-23(27-20)19-8-6-7-18(13-19)22(24)25;1-15-10-3-2-8-14-12(15)11-5-4-7-13-9-6-11;1-3-2;2*1-2/h6-8,13-15,17,21-22,30H,3,5,9-12H2,1-2,4H3,(H,26,27);3-5,7-10,12H,2,6H2,1H3;3H2,1-2H3;1-2H3;1H3/t15-,17?,21?;;;;/m0..../s1. The topological polar surface area (TPSA) is 83.4 Å². The van der Waals surface area contributed by atoms with Crippen molar-refractivity contribution in [1.82, 2.24) is 24.7 Å². The summed E-state index contributed by atoms with van der Waals surface area (Å²) < 4.78 is 35.5. The zero-order valence-electron chi connectivity index (χ0n) is 32.9. The van der Waals surface area contributed by atoms with Crippen molar-refractivity contribution in [2.75, 3.05) is 33.9 Å². The maximum Gasteiger partial charge on any atom is 0.263 e. The number of benzene rings is 1. The smallest absolute Gasteiger partial charge is 0.263 e. The van der Waals surface area contributed by atoms with E-state index in [1.54, 1.807) is 18.3 Å². The molecule has 0 saturated carbocycles. The van der Waals surface area contributed by atoms with Crippen molar-refractivity contribution in [2.24, 2.45) is 9.98 Å². The molecule has 0 radical (unpaired) electrons. The van der Waals surface area contributed by atoms with Crippen LogP contribution in [0.15, 0.2) is 83.2 Å². The number of rotatable bonds is 10. The highest BCUT2D eigenvalue weighted by Crippen LogP contribution is 2.32. The van der Waals surface area contributed by atoms with E-state index in [0.29, 0.717) is 30.6 Å². The summed E-state index contributed by atoms with van der Waals surface area (Å²) in [5, 5.41) is 9.32. The van der Waals surface area contributed by atoms with Gasteiger partial charge in [0.25, 0.3) is 6.43 Å². The Balaban J connectivity index is 0.000000512. The molecule has 290 valence electrons. The van der Waals surface area contributed by atoms with E-state index in [4.69, 9.17) is 0 Å². The lowest BCUT2D eigenvalue weighted by atomic mass is 10.0. The molecule has 0 amide bonds. The van der Waals surface area contributed by atoms with Gasteiger partial charge in [0, 0.05) is 80.9 Å². The zero-order chi connectivity index (χ0) is 39.1. The Morgan fingerprint density at radius 1 is 1.15 bits per heavy atom. The number of alkyl halides is 3. The van der Waals surface area contributed by atoms with Gasteiger partial charge in [-0.15, -0.1) is 0 Å². The number of H-pyrrole nitrogens is 1. The van der Waals surface area contributed by atoms with Gasteiger partial charge in [-0.2, -0.15) is 0 Å². The van der Waals surface area contributed by atoms with Crippen molar-refractivity contribution < 1.29 is 18.3 Å². The molecule has 3 aliphatic heterocycles. The highest BCUT2D eigenvalue weighted by atomic mass is 19.3. The van der Waals surface area contributed by atoms with Crippen LogP contribution < -0.4 is 0 Å². The largest absolute Gasteiger partial charge is 0.396 e. The first kappa shape index (κ1) is 46.1. The van der Waals surface area contributed by atoms with Crippen molar-refractivity contribution in [3.05, 3.63) is 84.5 Å². The van der Waals surface area contributed by atoms with E-state index in [1.165, 1.54) is 24.1 Å². The van der Waals surface area contributed by atoms with E-state index in [1.807, 2.05) is 38.6 Å². The van der Waals surface area contributed by atoms with E-state index in [9.17, 15) is 18.3 Å². The van der Waals surface area contributed by atoms with Gasteiger partial charge in [-0.05, 0) is 57.1 Å². The van der Waals surface area contributed by atoms with Gasteiger partial charge in [-0.3, -0.25) is 19.3 Å². The molecule has 4 atom stereocenters. The number of aliphatic hydroxyl groups excluding tert-OH is 1. The number of imidazole rings is 1. The van der Waals surface area contributed by atoms with Crippen LogP contribution in [0, 0.1) is 0 Å². The average Bonchev–Trinajstić information content (AvgIpc) is 3.62. The second-order valence-electron chi connectivity index (χ2n) is 12.3. The summed E-state index contributed by atoms with van der Waals surface area (Å²) in [7, 11) is 2.55. The first-order chi connectivity index (χ1) is 25.2. The number of hydrogen-bond donors (Lipinski definition) is 2. The minimum atomic E-state index is -2.51. The van der Waals surface area contributed by atoms with E-state index in [0.717, 1.165) is 50.2 Å². The van der Waals surface area contributed by atoms with E-state index >= 15 is 0 Å². The third-order valence-electron chi connectivity index (χ3n) is 8.72. The molecular formula is C41H64F3N7O. The molecule has 2 N–H and O–H groups in total. The fourth-order valence-electron chi connectivity index (χ4n) is 6.25. The number of aliphatic hydroxyl groups is 1. The Labute approximate surface area is 311 Å². The monoisotopic (exact) mass is 728 g/mol. The molecule has 0 spiro atoms. The summed E-state index contributed by atoms with van der Waals surface area (Å²) >= 11 is 0. The summed E-state index contributed by atoms with van der Waals surface area (Å²) in [6, 6.07) is 7.25. The molecular weight excluding hydrogens is 663 g/mol. The molecule has 8 nitrogen and oxygen atoms in total. The number of aromatic nitrogens is 2. The molecule has 5 rings (SSSR count). The number of nitrogens with zero attached hydrogens (tertiary/aromatic N) is 6. The number of likely N-dealkylation sites (N-methyl/N-ethyl adjacent to an activating group) is 2. The number of nitrogens with one attached hydrogen (secondary N) is 1. The van der Waals surface area contributed by atoms with Crippen molar-refractivity contribution in [3.8, 4) is 11.4 Å². The van der Waals surface area contributed by atoms with Crippen LogP contribution >= 0.6 is 0 Å². The molecule has 1 aromatic carbocycles. The molecule has 0 bridgehead atoms. The van der Waals surface area contributed by atoms with Crippen molar-refractivity contribution in [2.45, 2.75) is 111 Å². The predicted molar refractivity (Wildman–Crippen MR) is 215 cm³/mol. The second kappa shape index (κ2) is 25.9. The van der Waals surface area contributed by atoms with Gasteiger partial charge in [0.2, 0.25) is 0 Å². The van der Waals surface area contributed by atoms with Crippen molar-refractivity contribution in [1.29, 1.82) is 0 Å². The average molecular weight is 728 g/mol. The fraction of sp³-hybridized carbons (Fsp3) is 0.537. The number of allylic oxidation sites excluding steroid dienone is 3. The number of hydrogen-bond acceptors (Lipinski definition) is 7. The van der Waals surface area contributed by atoms with Gasteiger partial charge in [0.05, 0.1) is 24.8 Å². The molecule has 1 fully saturated rings. The zero-order valence-corrected chi connectivity index (χ0v) is 32.9. The maximum absolute atomic E-state index is 13.0. The van der Waals surface area contributed by atoms with Gasteiger partial charge in [-0.1, -0.05) is 78.0 Å². The SMILES string of the molecule is C=C(c1cnc(-c2cccc(C(F)F)c2)[nH]1)N1CCC(N(CC)[C@@H](C)CCO)C1C.CC.CCC.CF.CN1C=CCC=NC1C1=CC=CN=CC1. The summed E-state index contributed by atoms with van der Waals surface area (Å²) in [5.41, 5.74) is 3.55. The number of aromatic amines is 1. The maximum atomic E-state index is 13.0. The summed E-state index contributed by atoms with van der Waals surface area (Å²) in [5.74, 6) is 0.559. The van der Waals surface area contributed by atoms with E-state index in [2.05, 4.69) is 101 Å². The minimum Gasteiger partial charge on any atom is -0.396 e. The number of likely N-dealkylation sites (tertiary alicyclic amines) is 1. The molecule has 11 heteroatoms. The van der Waals surface area contributed by atoms with Crippen molar-refractivity contribution in [3.63, 3.8) is 0 Å². The lowest BCUT2D eigenvalue weighted by Gasteiger charge is -2.37. The van der Waals surface area contributed by atoms with E-state index in [-0.39, 0.29) is 24.4 Å². The van der Waals surface area contributed by atoms with Gasteiger partial charge < -0.3 is 19.9 Å². The lowest BCUT2D eigenvalue weighted by molar-refractivity contribution is 0.110. The van der Waals surface area contributed by atoms with Gasteiger partial charge in [0.15, 0.2) is 0 Å². The van der Waals surface area contributed by atoms with Crippen LogP contribution in [0.25, 0.3) is 17.1 Å². The molecule has 1 saturated heterocycles. The normalized spacial score (nSPS) is 19.5. The number of aliphatic imine (C=N–C) groups is 2. The molecule has 3 aliphatic rings. The summed E-state index contributed by atoms with van der Waals surface area (Å²) in [6.07, 6.45) is 18.1. The first-order valence-electron chi connectivity index (χ1n) is 18.6. The van der Waals surface area contributed by atoms with Gasteiger partial charge in [0.1, 0.15) is 12.0 Å². The first-order valence-corrected chi connectivity index (χ1v) is 18.6. The second-order valence-corrected chi connectivity index (χ2v) is 12.3. The molecule has 0 aliphatic carbocycles. The number of halogens is 3. The Morgan fingerprint density at radius 3 is 2.52 bits per heavy atom. The Bertz CT molecular complexity index is 1430. The van der Waals surface area contributed by atoms with Crippen molar-refractivity contribution >= 4 is 18.1 Å². The molecule has 52 heavy (non-hydrogen) atoms. The third-order valence-corrected chi connectivity index (χ3v) is 8.72. The Morgan fingerprint density at radius 2 is 1.87 bits per heavy atom. The quantitative estimate of drug-likeness (QED) is 0.255. The summed E-state index contributed by atoms with van der Waals surface area (Å²) in [4.78, 5) is 23.2. The minimum absolute atomic E-state index is 0.0167. The van der Waals surface area contributed by atoms with Crippen LogP contribution in [0.2, 0.25) is 0 Å². The highest BCUT2D eigenvalue weighted by molar-refractivity contribution is 5.66. The van der Waals surface area contributed by atoms with E-state index < -0.39 is 6.43 Å². The Hall–Kier alpha value is -3.96.